The number of aryl methyl sites for hydroxylation is 1. The van der Waals surface area contributed by atoms with Gasteiger partial charge in [-0.25, -0.2) is 4.68 Å². The van der Waals surface area contributed by atoms with Crippen LogP contribution in [0.4, 0.5) is 0 Å². The molecule has 1 saturated carbocycles. The number of halogens is 1. The summed E-state index contributed by atoms with van der Waals surface area (Å²) in [5.41, 5.74) is 1.45. The molecule has 2 aromatic rings. The first kappa shape index (κ1) is 13.3. The first-order valence-corrected chi connectivity index (χ1v) is 7.81. The van der Waals surface area contributed by atoms with Crippen molar-refractivity contribution in [1.29, 1.82) is 0 Å². The third-order valence-electron chi connectivity index (χ3n) is 5.03. The normalized spacial score (nSPS) is 20.5. The zero-order valence-corrected chi connectivity index (χ0v) is 12.8. The maximum atomic E-state index is 12.2. The molecule has 1 aliphatic heterocycles. The van der Waals surface area contributed by atoms with Crippen LogP contribution in [0.15, 0.2) is 23.0 Å². The van der Waals surface area contributed by atoms with E-state index in [0.29, 0.717) is 21.7 Å². The molecule has 2 fully saturated rings. The molecule has 0 bridgehead atoms. The second kappa shape index (κ2) is 4.55. The molecule has 0 unspecified atom stereocenters. The standard InChI is InChI=1S/C16H18ClN3O/c1-20-15(21)14-11(3-2-4-12(14)17)13(19-20)5-10-6-16(7-10)8-18-9-16/h2-4,10,18H,5-9H2,1H3. The second-order valence-corrected chi connectivity index (χ2v) is 7.03. The van der Waals surface area contributed by atoms with Crippen LogP contribution in [0.1, 0.15) is 18.5 Å². The fraction of sp³-hybridized carbons (Fsp3) is 0.500. The number of fused-ring (bicyclic) bond motifs is 1. The summed E-state index contributed by atoms with van der Waals surface area (Å²) in [6, 6.07) is 5.63. The average molecular weight is 304 g/mol. The molecule has 4 rings (SSSR count). The molecule has 2 aliphatic rings. The van der Waals surface area contributed by atoms with Gasteiger partial charge >= 0.3 is 0 Å². The summed E-state index contributed by atoms with van der Waals surface area (Å²) in [7, 11) is 1.70. The molecule has 21 heavy (non-hydrogen) atoms. The van der Waals surface area contributed by atoms with E-state index in [-0.39, 0.29) is 5.56 Å². The van der Waals surface area contributed by atoms with Crippen LogP contribution in [-0.4, -0.2) is 22.9 Å². The zero-order chi connectivity index (χ0) is 14.6. The topological polar surface area (TPSA) is 46.9 Å². The van der Waals surface area contributed by atoms with Crippen LogP contribution in [-0.2, 0) is 13.5 Å². The largest absolute Gasteiger partial charge is 0.316 e. The zero-order valence-electron chi connectivity index (χ0n) is 12.0. The molecule has 1 spiro atoms. The highest BCUT2D eigenvalue weighted by Gasteiger charge is 2.48. The highest BCUT2D eigenvalue weighted by Crippen LogP contribution is 2.49. The molecule has 110 valence electrons. The lowest BCUT2D eigenvalue weighted by atomic mass is 9.57. The Kier molecular flexibility index (Phi) is 2.88. The van der Waals surface area contributed by atoms with E-state index in [1.807, 2.05) is 12.1 Å². The van der Waals surface area contributed by atoms with Crippen molar-refractivity contribution >= 4 is 22.4 Å². The summed E-state index contributed by atoms with van der Waals surface area (Å²) >= 11 is 6.22. The fourth-order valence-electron chi connectivity index (χ4n) is 3.92. The van der Waals surface area contributed by atoms with E-state index in [1.54, 1.807) is 13.1 Å². The Morgan fingerprint density at radius 1 is 1.43 bits per heavy atom. The highest BCUT2D eigenvalue weighted by atomic mass is 35.5. The van der Waals surface area contributed by atoms with Crippen molar-refractivity contribution in [2.45, 2.75) is 19.3 Å². The van der Waals surface area contributed by atoms with Gasteiger partial charge in [0.1, 0.15) is 0 Å². The Bertz CT molecular complexity index is 771. The number of aromatic nitrogens is 2. The molecular weight excluding hydrogens is 286 g/mol. The SMILES string of the molecule is Cn1nc(CC2CC3(CNC3)C2)c2cccc(Cl)c2c1=O. The van der Waals surface area contributed by atoms with Crippen LogP contribution in [0.5, 0.6) is 0 Å². The predicted octanol–water partition coefficient (Wildman–Crippen LogP) is 2.13. The van der Waals surface area contributed by atoms with E-state index < -0.39 is 0 Å². The van der Waals surface area contributed by atoms with Crippen molar-refractivity contribution in [3.05, 3.63) is 39.3 Å². The van der Waals surface area contributed by atoms with Crippen LogP contribution in [0.25, 0.3) is 10.8 Å². The van der Waals surface area contributed by atoms with Gasteiger partial charge in [0.05, 0.1) is 16.1 Å². The van der Waals surface area contributed by atoms with Crippen LogP contribution in [0, 0.1) is 11.3 Å². The summed E-state index contributed by atoms with van der Waals surface area (Å²) in [6.45, 7) is 2.33. The Morgan fingerprint density at radius 2 is 2.19 bits per heavy atom. The van der Waals surface area contributed by atoms with Gasteiger partial charge in [-0.2, -0.15) is 5.10 Å². The van der Waals surface area contributed by atoms with Crippen molar-refractivity contribution in [2.24, 2.45) is 18.4 Å². The van der Waals surface area contributed by atoms with Gasteiger partial charge in [-0.1, -0.05) is 23.7 Å². The molecule has 0 radical (unpaired) electrons. The van der Waals surface area contributed by atoms with Crippen molar-refractivity contribution in [1.82, 2.24) is 15.1 Å². The minimum atomic E-state index is -0.118. The Balaban J connectivity index is 1.70. The molecule has 1 aliphatic carbocycles. The van der Waals surface area contributed by atoms with Gasteiger partial charge in [-0.3, -0.25) is 4.79 Å². The number of hydrogen-bond donors (Lipinski definition) is 1. The Labute approximate surface area is 128 Å². The van der Waals surface area contributed by atoms with Gasteiger partial charge < -0.3 is 5.32 Å². The number of rotatable bonds is 2. The maximum Gasteiger partial charge on any atom is 0.275 e. The average Bonchev–Trinajstić information content (AvgIpc) is 2.36. The van der Waals surface area contributed by atoms with Gasteiger partial charge in [-0.15, -0.1) is 0 Å². The second-order valence-electron chi connectivity index (χ2n) is 6.62. The van der Waals surface area contributed by atoms with Gasteiger partial charge in [0.2, 0.25) is 0 Å². The number of nitrogens with one attached hydrogen (secondary N) is 1. The lowest BCUT2D eigenvalue weighted by molar-refractivity contribution is 0.000495. The molecule has 4 nitrogen and oxygen atoms in total. The Morgan fingerprint density at radius 3 is 2.86 bits per heavy atom. The third kappa shape index (κ3) is 2.00. The van der Waals surface area contributed by atoms with Gasteiger partial charge in [0.15, 0.2) is 0 Å². The summed E-state index contributed by atoms with van der Waals surface area (Å²) in [6.07, 6.45) is 3.48. The van der Waals surface area contributed by atoms with E-state index >= 15 is 0 Å². The first-order chi connectivity index (χ1) is 10.1. The van der Waals surface area contributed by atoms with Gasteiger partial charge in [-0.05, 0) is 36.7 Å². The van der Waals surface area contributed by atoms with E-state index in [2.05, 4.69) is 10.4 Å². The smallest absolute Gasteiger partial charge is 0.275 e. The van der Waals surface area contributed by atoms with Crippen LogP contribution >= 0.6 is 11.6 Å². The quantitative estimate of drug-likeness (QED) is 0.924. The van der Waals surface area contributed by atoms with Crippen molar-refractivity contribution in [3.8, 4) is 0 Å². The van der Waals surface area contributed by atoms with E-state index in [0.717, 1.165) is 30.6 Å². The minimum absolute atomic E-state index is 0.118. The monoisotopic (exact) mass is 303 g/mol. The summed E-state index contributed by atoms with van der Waals surface area (Å²) in [5.74, 6) is 0.680. The third-order valence-corrected chi connectivity index (χ3v) is 5.34. The Hall–Kier alpha value is -1.39. The fourth-order valence-corrected chi connectivity index (χ4v) is 4.18. The summed E-state index contributed by atoms with van der Waals surface area (Å²) < 4.78 is 1.42. The summed E-state index contributed by atoms with van der Waals surface area (Å²) in [5, 5.41) is 9.89. The number of nitrogens with zero attached hydrogens (tertiary/aromatic N) is 2. The molecule has 1 aromatic carbocycles. The number of benzene rings is 1. The molecule has 2 heterocycles. The molecule has 1 N–H and O–H groups in total. The molecule has 0 amide bonds. The molecule has 0 atom stereocenters. The molecule has 1 saturated heterocycles. The van der Waals surface area contributed by atoms with E-state index in [9.17, 15) is 4.79 Å². The lowest BCUT2D eigenvalue weighted by Crippen LogP contribution is -2.60. The highest BCUT2D eigenvalue weighted by molar-refractivity contribution is 6.35. The van der Waals surface area contributed by atoms with Crippen LogP contribution < -0.4 is 10.9 Å². The van der Waals surface area contributed by atoms with Crippen LogP contribution in [0.2, 0.25) is 5.02 Å². The van der Waals surface area contributed by atoms with Crippen LogP contribution in [0.3, 0.4) is 0 Å². The lowest BCUT2D eigenvalue weighted by Gasteiger charge is -2.54. The molecule has 1 aromatic heterocycles. The summed E-state index contributed by atoms with van der Waals surface area (Å²) in [4.78, 5) is 12.2. The molecular formula is C16H18ClN3O. The molecule has 5 heteroatoms. The van der Waals surface area contributed by atoms with Gasteiger partial charge in [0.25, 0.3) is 5.56 Å². The minimum Gasteiger partial charge on any atom is -0.316 e. The first-order valence-electron chi connectivity index (χ1n) is 7.43. The van der Waals surface area contributed by atoms with Crippen molar-refractivity contribution in [3.63, 3.8) is 0 Å². The van der Waals surface area contributed by atoms with Gasteiger partial charge in [0, 0.05) is 25.5 Å². The van der Waals surface area contributed by atoms with Crippen molar-refractivity contribution < 1.29 is 0 Å². The predicted molar refractivity (Wildman–Crippen MR) is 83.7 cm³/mol. The van der Waals surface area contributed by atoms with E-state index in [4.69, 9.17) is 11.6 Å². The maximum absolute atomic E-state index is 12.2. The van der Waals surface area contributed by atoms with E-state index in [1.165, 1.54) is 17.5 Å². The number of hydrogen-bond acceptors (Lipinski definition) is 3. The van der Waals surface area contributed by atoms with Crippen molar-refractivity contribution in [2.75, 3.05) is 13.1 Å².